The van der Waals surface area contributed by atoms with E-state index in [0.717, 1.165) is 18.6 Å². The second kappa shape index (κ2) is 5.09. The molecule has 1 heterocycles. The summed E-state index contributed by atoms with van der Waals surface area (Å²) in [4.78, 5) is 0. The van der Waals surface area contributed by atoms with Crippen LogP contribution in [0.2, 0.25) is 0 Å². The Kier molecular flexibility index (Phi) is 3.72. The van der Waals surface area contributed by atoms with E-state index in [1.54, 1.807) is 7.11 Å². The summed E-state index contributed by atoms with van der Waals surface area (Å²) in [5.41, 5.74) is 2.69. The van der Waals surface area contributed by atoms with Gasteiger partial charge in [0, 0.05) is 0 Å². The molecule has 1 aromatic rings. The van der Waals surface area contributed by atoms with Crippen molar-refractivity contribution < 1.29 is 9.47 Å². The molecule has 17 heavy (non-hydrogen) atoms. The molecule has 0 aliphatic carbocycles. The second-order valence-electron chi connectivity index (χ2n) is 5.15. The molecule has 2 unspecified atom stereocenters. The lowest BCUT2D eigenvalue weighted by atomic mass is 9.97. The van der Waals surface area contributed by atoms with E-state index >= 15 is 0 Å². The highest BCUT2D eigenvalue weighted by Gasteiger charge is 2.33. The lowest BCUT2D eigenvalue weighted by Gasteiger charge is -2.13. The average molecular weight is 234 g/mol. The van der Waals surface area contributed by atoms with Crippen LogP contribution in [0.5, 0.6) is 5.75 Å². The monoisotopic (exact) mass is 234 g/mol. The topological polar surface area (TPSA) is 21.8 Å². The number of hydrogen-bond acceptors (Lipinski definition) is 2. The van der Waals surface area contributed by atoms with Crippen molar-refractivity contribution >= 4 is 0 Å². The minimum atomic E-state index is 0.470. The molecular weight excluding hydrogens is 212 g/mol. The van der Waals surface area contributed by atoms with Crippen molar-refractivity contribution in [1.82, 2.24) is 0 Å². The van der Waals surface area contributed by atoms with Gasteiger partial charge >= 0.3 is 0 Å². The van der Waals surface area contributed by atoms with E-state index in [2.05, 4.69) is 39.0 Å². The Morgan fingerprint density at radius 1 is 1.35 bits per heavy atom. The van der Waals surface area contributed by atoms with Crippen molar-refractivity contribution in [3.8, 4) is 5.75 Å². The number of aryl methyl sites for hydroxylation is 1. The van der Waals surface area contributed by atoms with Crippen LogP contribution in [-0.4, -0.2) is 19.3 Å². The molecule has 2 atom stereocenters. The van der Waals surface area contributed by atoms with Crippen molar-refractivity contribution in [3.63, 3.8) is 0 Å². The third-order valence-corrected chi connectivity index (χ3v) is 3.47. The molecule has 0 N–H and O–H groups in total. The van der Waals surface area contributed by atoms with Gasteiger partial charge in [0.1, 0.15) is 5.75 Å². The third kappa shape index (κ3) is 3.01. The first kappa shape index (κ1) is 12.4. The zero-order valence-corrected chi connectivity index (χ0v) is 11.2. The van der Waals surface area contributed by atoms with Crippen LogP contribution >= 0.6 is 0 Å². The van der Waals surface area contributed by atoms with Crippen LogP contribution in [0.1, 0.15) is 44.2 Å². The molecule has 1 aliphatic heterocycles. The highest BCUT2D eigenvalue weighted by Crippen LogP contribution is 2.30. The van der Waals surface area contributed by atoms with Crippen molar-refractivity contribution in [3.05, 3.63) is 29.3 Å². The van der Waals surface area contributed by atoms with Gasteiger partial charge in [0.05, 0.1) is 19.3 Å². The van der Waals surface area contributed by atoms with Crippen LogP contribution < -0.4 is 4.74 Å². The van der Waals surface area contributed by atoms with Gasteiger partial charge in [0.2, 0.25) is 0 Å². The van der Waals surface area contributed by atoms with Gasteiger partial charge in [0.25, 0.3) is 0 Å². The molecule has 0 bridgehead atoms. The largest absolute Gasteiger partial charge is 0.496 e. The van der Waals surface area contributed by atoms with Crippen molar-refractivity contribution in [2.75, 3.05) is 7.11 Å². The van der Waals surface area contributed by atoms with Gasteiger partial charge in [-0.3, -0.25) is 0 Å². The zero-order valence-electron chi connectivity index (χ0n) is 11.2. The molecule has 0 radical (unpaired) electrons. The predicted molar refractivity (Wildman–Crippen MR) is 69.7 cm³/mol. The van der Waals surface area contributed by atoms with E-state index in [1.165, 1.54) is 11.1 Å². The predicted octanol–water partition coefficient (Wildman–Crippen LogP) is 3.54. The average Bonchev–Trinajstić information content (AvgIpc) is 3.02. The van der Waals surface area contributed by atoms with E-state index in [0.29, 0.717) is 18.1 Å². The minimum absolute atomic E-state index is 0.470. The summed E-state index contributed by atoms with van der Waals surface area (Å²) < 4.78 is 10.8. The number of hydrogen-bond donors (Lipinski definition) is 0. The normalized spacial score (nSPS) is 22.9. The van der Waals surface area contributed by atoms with Crippen LogP contribution in [0.4, 0.5) is 0 Å². The van der Waals surface area contributed by atoms with E-state index in [1.807, 2.05) is 0 Å². The summed E-state index contributed by atoms with van der Waals surface area (Å²) in [6.45, 7) is 6.54. The number of epoxide rings is 1. The standard InChI is InChI=1S/C15H22O2/c1-10(2)13-9-12(6-8-15(13)16-4)5-7-14-11(3)17-14/h6,8-11,14H,5,7H2,1-4H3. The van der Waals surface area contributed by atoms with Gasteiger partial charge in [-0.05, 0) is 42.9 Å². The van der Waals surface area contributed by atoms with Crippen LogP contribution in [0, 0.1) is 0 Å². The van der Waals surface area contributed by atoms with Gasteiger partial charge in [-0.15, -0.1) is 0 Å². The van der Waals surface area contributed by atoms with Gasteiger partial charge < -0.3 is 9.47 Å². The lowest BCUT2D eigenvalue weighted by molar-refractivity contribution is 0.370. The molecule has 1 aromatic carbocycles. The summed E-state index contributed by atoms with van der Waals surface area (Å²) >= 11 is 0. The maximum absolute atomic E-state index is 5.44. The molecule has 1 aliphatic rings. The summed E-state index contributed by atoms with van der Waals surface area (Å²) in [5, 5.41) is 0. The fourth-order valence-electron chi connectivity index (χ4n) is 2.23. The third-order valence-electron chi connectivity index (χ3n) is 3.47. The second-order valence-corrected chi connectivity index (χ2v) is 5.15. The molecule has 2 nitrogen and oxygen atoms in total. The molecule has 0 saturated carbocycles. The minimum Gasteiger partial charge on any atom is -0.496 e. The van der Waals surface area contributed by atoms with Crippen LogP contribution in [0.15, 0.2) is 18.2 Å². The fraction of sp³-hybridized carbons (Fsp3) is 0.600. The Morgan fingerprint density at radius 2 is 2.06 bits per heavy atom. The first-order chi connectivity index (χ1) is 8.11. The quantitative estimate of drug-likeness (QED) is 0.727. The highest BCUT2D eigenvalue weighted by molar-refractivity contribution is 5.39. The van der Waals surface area contributed by atoms with Gasteiger partial charge in [0.15, 0.2) is 0 Å². The Morgan fingerprint density at radius 3 is 2.59 bits per heavy atom. The Hall–Kier alpha value is -1.02. The Bertz CT molecular complexity index is 385. The lowest BCUT2D eigenvalue weighted by Crippen LogP contribution is -1.98. The first-order valence-electron chi connectivity index (χ1n) is 6.44. The summed E-state index contributed by atoms with van der Waals surface area (Å²) in [7, 11) is 1.74. The van der Waals surface area contributed by atoms with Crippen molar-refractivity contribution in [1.29, 1.82) is 0 Å². The number of benzene rings is 1. The Labute approximate surface area is 104 Å². The van der Waals surface area contributed by atoms with Gasteiger partial charge in [-0.2, -0.15) is 0 Å². The van der Waals surface area contributed by atoms with Gasteiger partial charge in [-0.1, -0.05) is 26.0 Å². The molecule has 2 rings (SSSR count). The number of methoxy groups -OCH3 is 1. The number of ether oxygens (including phenoxy) is 2. The van der Waals surface area contributed by atoms with E-state index in [9.17, 15) is 0 Å². The SMILES string of the molecule is COc1ccc(CCC2OC2C)cc1C(C)C. The molecule has 2 heteroatoms. The van der Waals surface area contributed by atoms with Crippen LogP contribution in [-0.2, 0) is 11.2 Å². The van der Waals surface area contributed by atoms with Crippen LogP contribution in [0.25, 0.3) is 0 Å². The molecular formula is C15H22O2. The van der Waals surface area contributed by atoms with Crippen molar-refractivity contribution in [2.24, 2.45) is 0 Å². The summed E-state index contributed by atoms with van der Waals surface area (Å²) in [6, 6.07) is 6.52. The molecule has 0 aromatic heterocycles. The zero-order chi connectivity index (χ0) is 12.4. The maximum atomic E-state index is 5.44. The van der Waals surface area contributed by atoms with E-state index < -0.39 is 0 Å². The molecule has 94 valence electrons. The van der Waals surface area contributed by atoms with Crippen molar-refractivity contribution in [2.45, 2.75) is 51.7 Å². The van der Waals surface area contributed by atoms with Gasteiger partial charge in [-0.25, -0.2) is 0 Å². The molecule has 1 fully saturated rings. The molecule has 1 saturated heterocycles. The maximum Gasteiger partial charge on any atom is 0.122 e. The number of rotatable bonds is 5. The van der Waals surface area contributed by atoms with E-state index in [4.69, 9.17) is 9.47 Å². The summed E-state index contributed by atoms with van der Waals surface area (Å²) in [6.07, 6.45) is 3.18. The molecule has 0 spiro atoms. The molecule has 0 amide bonds. The first-order valence-corrected chi connectivity index (χ1v) is 6.44. The smallest absolute Gasteiger partial charge is 0.122 e. The van der Waals surface area contributed by atoms with E-state index in [-0.39, 0.29) is 0 Å². The fourth-order valence-corrected chi connectivity index (χ4v) is 2.23. The highest BCUT2D eigenvalue weighted by atomic mass is 16.6. The summed E-state index contributed by atoms with van der Waals surface area (Å²) in [5.74, 6) is 1.50. The van der Waals surface area contributed by atoms with Crippen LogP contribution in [0.3, 0.4) is 0 Å². The Balaban J connectivity index is 2.04.